The van der Waals surface area contributed by atoms with Crippen LogP contribution in [0.15, 0.2) is 0 Å². The third-order valence-electron chi connectivity index (χ3n) is 5.30. The molecule has 1 heterocycles. The molecule has 1 aliphatic carbocycles. The Kier molecular flexibility index (Phi) is 5.62. The zero-order valence-electron chi connectivity index (χ0n) is 13.0. The average Bonchev–Trinajstić information content (AvgIpc) is 2.73. The summed E-state index contributed by atoms with van der Waals surface area (Å²) in [6.45, 7) is 1.96. The summed E-state index contributed by atoms with van der Waals surface area (Å²) < 4.78 is 0. The molecule has 0 unspecified atom stereocenters. The third kappa shape index (κ3) is 3.96. The first-order chi connectivity index (χ1) is 10.1. The zero-order valence-corrected chi connectivity index (χ0v) is 13.0. The Morgan fingerprint density at radius 1 is 1.05 bits per heavy atom. The number of amides is 2. The topological polar surface area (TPSA) is 89.4 Å². The molecule has 21 heavy (non-hydrogen) atoms. The van der Waals surface area contributed by atoms with Crippen molar-refractivity contribution in [2.45, 2.75) is 57.8 Å². The van der Waals surface area contributed by atoms with Crippen LogP contribution in [0.1, 0.15) is 57.8 Å². The highest BCUT2D eigenvalue weighted by Gasteiger charge is 2.40. The number of primary amides is 1. The Morgan fingerprint density at radius 3 is 2.10 bits per heavy atom. The van der Waals surface area contributed by atoms with Crippen molar-refractivity contribution in [1.82, 2.24) is 4.90 Å². The summed E-state index contributed by atoms with van der Waals surface area (Å²) >= 11 is 0. The molecule has 0 atom stereocenters. The summed E-state index contributed by atoms with van der Waals surface area (Å²) in [5.74, 6) is 0.362. The molecule has 5 heteroatoms. The monoisotopic (exact) mass is 295 g/mol. The van der Waals surface area contributed by atoms with Gasteiger partial charge in [0.25, 0.3) is 0 Å². The molecule has 1 aliphatic heterocycles. The van der Waals surface area contributed by atoms with Crippen molar-refractivity contribution in [3.8, 4) is 0 Å². The minimum Gasteiger partial charge on any atom is -0.370 e. The summed E-state index contributed by atoms with van der Waals surface area (Å²) in [6, 6.07) is 0. The van der Waals surface area contributed by atoms with Crippen molar-refractivity contribution in [2.24, 2.45) is 22.8 Å². The summed E-state index contributed by atoms with van der Waals surface area (Å²) in [7, 11) is 0. The number of nitrogens with two attached hydrogens (primary N) is 2. The van der Waals surface area contributed by atoms with Gasteiger partial charge in [-0.15, -0.1) is 0 Å². The molecule has 1 saturated heterocycles. The Morgan fingerprint density at radius 2 is 1.62 bits per heavy atom. The Balaban J connectivity index is 1.94. The van der Waals surface area contributed by atoms with Gasteiger partial charge in [-0.05, 0) is 31.6 Å². The largest absolute Gasteiger partial charge is 0.370 e. The van der Waals surface area contributed by atoms with Crippen LogP contribution in [-0.2, 0) is 9.59 Å². The van der Waals surface area contributed by atoms with Crippen LogP contribution in [0.25, 0.3) is 0 Å². The van der Waals surface area contributed by atoms with Crippen molar-refractivity contribution in [1.29, 1.82) is 0 Å². The molecular formula is C16H29N3O2. The Labute approximate surface area is 127 Å². The van der Waals surface area contributed by atoms with Gasteiger partial charge in [0.05, 0.1) is 5.41 Å². The second-order valence-electron chi connectivity index (χ2n) is 6.80. The first kappa shape index (κ1) is 16.3. The molecule has 2 amide bonds. The average molecular weight is 295 g/mol. The predicted octanol–water partition coefficient (Wildman–Crippen LogP) is 1.40. The maximum Gasteiger partial charge on any atom is 0.230 e. The van der Waals surface area contributed by atoms with Crippen molar-refractivity contribution in [3.05, 3.63) is 0 Å². The molecule has 2 fully saturated rings. The van der Waals surface area contributed by atoms with Crippen LogP contribution in [0.4, 0.5) is 0 Å². The SMILES string of the molecule is NCC1(C(=O)N2CCC(CC(N)=O)CC2)CCCCCC1. The van der Waals surface area contributed by atoms with Crippen LogP contribution in [0.5, 0.6) is 0 Å². The number of hydrogen-bond acceptors (Lipinski definition) is 3. The molecule has 4 N–H and O–H groups in total. The minimum atomic E-state index is -0.326. The maximum atomic E-state index is 12.9. The molecule has 120 valence electrons. The lowest BCUT2D eigenvalue weighted by molar-refractivity contribution is -0.144. The van der Waals surface area contributed by atoms with Crippen molar-refractivity contribution in [3.63, 3.8) is 0 Å². The number of carbonyl (C=O) groups is 2. The molecule has 0 aromatic rings. The van der Waals surface area contributed by atoms with Gasteiger partial charge in [-0.2, -0.15) is 0 Å². The Bertz CT molecular complexity index is 368. The van der Waals surface area contributed by atoms with E-state index in [1.54, 1.807) is 0 Å². The normalized spacial score (nSPS) is 23.6. The van der Waals surface area contributed by atoms with Gasteiger partial charge in [0, 0.05) is 26.1 Å². The quantitative estimate of drug-likeness (QED) is 0.768. The molecule has 0 aromatic carbocycles. The number of carbonyl (C=O) groups excluding carboxylic acids is 2. The maximum absolute atomic E-state index is 12.9. The van der Waals surface area contributed by atoms with E-state index in [-0.39, 0.29) is 17.2 Å². The van der Waals surface area contributed by atoms with Gasteiger partial charge < -0.3 is 16.4 Å². The molecular weight excluding hydrogens is 266 g/mol. The van der Waals surface area contributed by atoms with E-state index in [0.29, 0.717) is 18.9 Å². The number of nitrogens with zero attached hydrogens (tertiary/aromatic N) is 1. The fraction of sp³-hybridized carbons (Fsp3) is 0.875. The first-order valence-corrected chi connectivity index (χ1v) is 8.35. The van der Waals surface area contributed by atoms with E-state index >= 15 is 0 Å². The summed E-state index contributed by atoms with van der Waals surface area (Å²) in [5.41, 5.74) is 10.9. The molecule has 0 aromatic heterocycles. The molecule has 0 radical (unpaired) electrons. The molecule has 5 nitrogen and oxygen atoms in total. The minimum absolute atomic E-state index is 0.234. The van der Waals surface area contributed by atoms with Crippen LogP contribution >= 0.6 is 0 Å². The smallest absolute Gasteiger partial charge is 0.230 e. The lowest BCUT2D eigenvalue weighted by atomic mass is 9.78. The second-order valence-corrected chi connectivity index (χ2v) is 6.80. The summed E-state index contributed by atoms with van der Waals surface area (Å²) in [6.07, 6.45) is 8.75. The lowest BCUT2D eigenvalue weighted by Crippen LogP contribution is -2.50. The van der Waals surface area contributed by atoms with Crippen molar-refractivity contribution < 1.29 is 9.59 Å². The van der Waals surface area contributed by atoms with E-state index < -0.39 is 0 Å². The van der Waals surface area contributed by atoms with E-state index in [1.807, 2.05) is 4.90 Å². The predicted molar refractivity (Wildman–Crippen MR) is 82.3 cm³/mol. The van der Waals surface area contributed by atoms with Crippen molar-refractivity contribution >= 4 is 11.8 Å². The third-order valence-corrected chi connectivity index (χ3v) is 5.30. The highest BCUT2D eigenvalue weighted by atomic mass is 16.2. The molecule has 1 saturated carbocycles. The number of hydrogen-bond donors (Lipinski definition) is 2. The van der Waals surface area contributed by atoms with Gasteiger partial charge in [-0.3, -0.25) is 9.59 Å². The van der Waals surface area contributed by atoms with E-state index in [0.717, 1.165) is 51.6 Å². The van der Waals surface area contributed by atoms with Crippen LogP contribution in [0.2, 0.25) is 0 Å². The molecule has 2 aliphatic rings. The Hall–Kier alpha value is -1.10. The first-order valence-electron chi connectivity index (χ1n) is 8.35. The van der Waals surface area contributed by atoms with Crippen molar-refractivity contribution in [2.75, 3.05) is 19.6 Å². The number of rotatable bonds is 4. The molecule has 0 bridgehead atoms. The van der Waals surface area contributed by atoms with Crippen LogP contribution in [-0.4, -0.2) is 36.3 Å². The van der Waals surface area contributed by atoms with Crippen LogP contribution < -0.4 is 11.5 Å². The van der Waals surface area contributed by atoms with Gasteiger partial charge in [0.15, 0.2) is 0 Å². The van der Waals surface area contributed by atoms with E-state index in [9.17, 15) is 9.59 Å². The summed E-state index contributed by atoms with van der Waals surface area (Å²) in [4.78, 5) is 25.9. The standard InChI is InChI=1S/C16H29N3O2/c17-12-16(7-3-1-2-4-8-16)15(21)19-9-5-13(6-10-19)11-14(18)20/h13H,1-12,17H2,(H2,18,20). The molecule has 2 rings (SSSR count). The van der Waals surface area contributed by atoms with E-state index in [4.69, 9.17) is 11.5 Å². The van der Waals surface area contributed by atoms with E-state index in [1.165, 1.54) is 12.8 Å². The van der Waals surface area contributed by atoms with Gasteiger partial charge in [-0.25, -0.2) is 0 Å². The highest BCUT2D eigenvalue weighted by molar-refractivity contribution is 5.83. The van der Waals surface area contributed by atoms with E-state index in [2.05, 4.69) is 0 Å². The highest BCUT2D eigenvalue weighted by Crippen LogP contribution is 2.37. The van der Waals surface area contributed by atoms with Crippen LogP contribution in [0.3, 0.4) is 0 Å². The fourth-order valence-electron chi connectivity index (χ4n) is 3.87. The zero-order chi connectivity index (χ0) is 15.3. The summed E-state index contributed by atoms with van der Waals surface area (Å²) in [5, 5.41) is 0. The number of piperidine rings is 1. The second kappa shape index (κ2) is 7.25. The number of likely N-dealkylation sites (tertiary alicyclic amines) is 1. The van der Waals surface area contributed by atoms with Crippen LogP contribution in [0, 0.1) is 11.3 Å². The van der Waals surface area contributed by atoms with Gasteiger partial charge in [0.2, 0.25) is 11.8 Å². The fourth-order valence-corrected chi connectivity index (χ4v) is 3.87. The van der Waals surface area contributed by atoms with Gasteiger partial charge in [-0.1, -0.05) is 25.7 Å². The van der Waals surface area contributed by atoms with Gasteiger partial charge in [0.1, 0.15) is 0 Å². The molecule has 0 spiro atoms. The van der Waals surface area contributed by atoms with Gasteiger partial charge >= 0.3 is 0 Å². The lowest BCUT2D eigenvalue weighted by Gasteiger charge is -2.39.